The molecule has 11 nitrogen and oxygen atoms in total. The molecular weight excluding hydrogens is 557 g/mol. The van der Waals surface area contributed by atoms with E-state index < -0.39 is 41.5 Å². The van der Waals surface area contributed by atoms with Gasteiger partial charge >= 0.3 is 0 Å². The van der Waals surface area contributed by atoms with Gasteiger partial charge < -0.3 is 30.1 Å². The molecular formula is C31H30FN5O6. The number of halogens is 1. The molecule has 0 amide bonds. The molecule has 1 saturated heterocycles. The number of fused-ring (bicyclic) bond motifs is 1. The van der Waals surface area contributed by atoms with Crippen LogP contribution in [0.3, 0.4) is 0 Å². The summed E-state index contributed by atoms with van der Waals surface area (Å²) in [4.78, 5) is 24.8. The van der Waals surface area contributed by atoms with E-state index in [1.165, 1.54) is 0 Å². The fraction of sp³-hybridized carbons (Fsp3) is 0.258. The van der Waals surface area contributed by atoms with Gasteiger partial charge in [0.2, 0.25) is 5.95 Å². The maximum Gasteiger partial charge on any atom is 0.280 e. The molecule has 1 fully saturated rings. The maximum absolute atomic E-state index is 15.1. The van der Waals surface area contributed by atoms with Crippen molar-refractivity contribution in [2.24, 2.45) is 0 Å². The molecule has 6 rings (SSSR count). The second-order valence-electron chi connectivity index (χ2n) is 10.6. The first-order chi connectivity index (χ1) is 20.6. The minimum absolute atomic E-state index is 0.0367. The summed E-state index contributed by atoms with van der Waals surface area (Å²) in [5.74, 6) is -2.25. The summed E-state index contributed by atoms with van der Waals surface area (Å²) in [7, 11) is 1.58. The van der Waals surface area contributed by atoms with Gasteiger partial charge in [0.25, 0.3) is 11.4 Å². The second-order valence-corrected chi connectivity index (χ2v) is 10.6. The van der Waals surface area contributed by atoms with Gasteiger partial charge in [-0.15, -0.1) is 0 Å². The molecule has 222 valence electrons. The van der Waals surface area contributed by atoms with E-state index in [0.29, 0.717) is 5.75 Å². The summed E-state index contributed by atoms with van der Waals surface area (Å²) in [5.41, 5.74) is -1.58. The summed E-state index contributed by atoms with van der Waals surface area (Å²) < 4.78 is 27.0. The molecule has 0 aliphatic carbocycles. The number of benzene rings is 3. The van der Waals surface area contributed by atoms with Gasteiger partial charge in [-0.1, -0.05) is 72.8 Å². The summed E-state index contributed by atoms with van der Waals surface area (Å²) >= 11 is 0. The Bertz CT molecular complexity index is 1760. The molecule has 4 atom stereocenters. The molecule has 0 unspecified atom stereocenters. The molecule has 3 heterocycles. The van der Waals surface area contributed by atoms with E-state index in [1.54, 1.807) is 7.11 Å². The van der Waals surface area contributed by atoms with Crippen molar-refractivity contribution in [2.45, 2.75) is 36.3 Å². The molecule has 1 aliphatic heterocycles. The van der Waals surface area contributed by atoms with E-state index >= 15 is 4.39 Å². The Hall–Kier alpha value is -4.62. The standard InChI is InChI=1S/C31H30FN5O6/c1-29(41)26(40)30(32,17-38)43-27(29)37-18-33-23-24(37)34-28(35-25(23)39)36-31(19-9-5-3-6-10-19,20-11-7-4-8-12-20)21-13-15-22(42-2)16-14-21/h3-16,18,26-27,38,40-41H,17H2,1-2H3,(H2,34,35,36,39)/t26-,27+,29+,30+/m0/s1. The van der Waals surface area contributed by atoms with Gasteiger partial charge in [0.05, 0.1) is 13.4 Å². The van der Waals surface area contributed by atoms with Crippen molar-refractivity contribution in [1.29, 1.82) is 0 Å². The maximum atomic E-state index is 15.1. The van der Waals surface area contributed by atoms with Gasteiger partial charge in [0.15, 0.2) is 17.4 Å². The highest BCUT2D eigenvalue weighted by Crippen LogP contribution is 2.46. The van der Waals surface area contributed by atoms with Crippen LogP contribution in [0.1, 0.15) is 29.8 Å². The zero-order valence-corrected chi connectivity index (χ0v) is 23.3. The van der Waals surface area contributed by atoms with Crippen molar-refractivity contribution in [1.82, 2.24) is 19.5 Å². The third-order valence-electron chi connectivity index (χ3n) is 7.91. The van der Waals surface area contributed by atoms with Crippen molar-refractivity contribution in [2.75, 3.05) is 19.0 Å². The molecule has 1 aliphatic rings. The van der Waals surface area contributed by atoms with Crippen LogP contribution >= 0.6 is 0 Å². The number of ether oxygens (including phenoxy) is 2. The predicted octanol–water partition coefficient (Wildman–Crippen LogP) is 2.83. The number of imidazole rings is 1. The SMILES string of the molecule is COc1ccc(C(Nc2nc3c(ncn3[C@@H]3O[C@](F)(CO)[C@@H](O)[C@@]3(C)O)c(=O)[nH]2)(c2ccccc2)c2ccccc2)cc1. The smallest absolute Gasteiger partial charge is 0.280 e. The van der Waals surface area contributed by atoms with E-state index in [2.05, 4.69) is 20.3 Å². The molecule has 43 heavy (non-hydrogen) atoms. The van der Waals surface area contributed by atoms with Crippen molar-refractivity contribution in [3.8, 4) is 5.75 Å². The van der Waals surface area contributed by atoms with Crippen molar-refractivity contribution in [3.63, 3.8) is 0 Å². The van der Waals surface area contributed by atoms with Crippen LogP contribution in [0.4, 0.5) is 10.3 Å². The number of aliphatic hydroxyl groups excluding tert-OH is 2. The predicted molar refractivity (Wildman–Crippen MR) is 155 cm³/mol. The van der Waals surface area contributed by atoms with Crippen LogP contribution < -0.4 is 15.6 Å². The Morgan fingerprint density at radius 1 is 1.05 bits per heavy atom. The highest BCUT2D eigenvalue weighted by Gasteiger charge is 2.63. The van der Waals surface area contributed by atoms with Crippen LogP contribution in [0.15, 0.2) is 96.1 Å². The largest absolute Gasteiger partial charge is 0.497 e. The van der Waals surface area contributed by atoms with Gasteiger partial charge in [-0.3, -0.25) is 14.3 Å². The Morgan fingerprint density at radius 3 is 2.16 bits per heavy atom. The summed E-state index contributed by atoms with van der Waals surface area (Å²) in [6, 6.07) is 26.7. The van der Waals surface area contributed by atoms with Crippen LogP contribution in [0.5, 0.6) is 5.75 Å². The van der Waals surface area contributed by atoms with E-state index in [9.17, 15) is 20.1 Å². The number of nitrogens with one attached hydrogen (secondary N) is 2. The number of methoxy groups -OCH3 is 1. The third kappa shape index (κ3) is 4.55. The van der Waals surface area contributed by atoms with E-state index in [-0.39, 0.29) is 17.1 Å². The van der Waals surface area contributed by atoms with E-state index in [1.807, 2.05) is 84.9 Å². The Kier molecular flexibility index (Phi) is 7.01. The zero-order chi connectivity index (χ0) is 30.4. The first-order valence-electron chi connectivity index (χ1n) is 13.5. The lowest BCUT2D eigenvalue weighted by Crippen LogP contribution is -2.48. The Morgan fingerprint density at radius 2 is 1.63 bits per heavy atom. The van der Waals surface area contributed by atoms with Gasteiger partial charge in [0.1, 0.15) is 29.6 Å². The lowest BCUT2D eigenvalue weighted by atomic mass is 9.77. The number of hydrogen-bond donors (Lipinski definition) is 5. The van der Waals surface area contributed by atoms with Gasteiger partial charge in [-0.05, 0) is 35.7 Å². The normalized spacial score (nSPS) is 23.9. The fourth-order valence-corrected chi connectivity index (χ4v) is 5.67. The molecule has 0 radical (unpaired) electrons. The molecule has 0 spiro atoms. The van der Waals surface area contributed by atoms with Crippen LogP contribution in [-0.2, 0) is 10.3 Å². The molecule has 5 N–H and O–H groups in total. The van der Waals surface area contributed by atoms with Gasteiger partial charge in [0, 0.05) is 0 Å². The quantitative estimate of drug-likeness (QED) is 0.172. The topological polar surface area (TPSA) is 155 Å². The molecule has 0 saturated carbocycles. The highest BCUT2D eigenvalue weighted by atomic mass is 19.2. The Balaban J connectivity index is 1.55. The summed E-state index contributed by atoms with van der Waals surface area (Å²) in [5, 5.41) is 34.5. The number of nitrogens with zero attached hydrogens (tertiary/aromatic N) is 3. The van der Waals surface area contributed by atoms with Crippen LogP contribution in [0.25, 0.3) is 11.2 Å². The number of hydrogen-bond acceptors (Lipinski definition) is 9. The number of anilines is 1. The summed E-state index contributed by atoms with van der Waals surface area (Å²) in [6.07, 6.45) is -2.50. The summed E-state index contributed by atoms with van der Waals surface area (Å²) in [6.45, 7) is -0.0379. The lowest BCUT2D eigenvalue weighted by Gasteiger charge is -2.37. The molecule has 12 heteroatoms. The van der Waals surface area contributed by atoms with Crippen molar-refractivity contribution >= 4 is 17.1 Å². The first kappa shape index (κ1) is 28.5. The number of aromatic amines is 1. The average Bonchev–Trinajstić information content (AvgIpc) is 3.53. The van der Waals surface area contributed by atoms with Gasteiger partial charge in [-0.25, -0.2) is 9.37 Å². The van der Waals surface area contributed by atoms with E-state index in [0.717, 1.165) is 34.5 Å². The number of aromatic nitrogens is 4. The third-order valence-corrected chi connectivity index (χ3v) is 7.91. The van der Waals surface area contributed by atoms with Gasteiger partial charge in [-0.2, -0.15) is 4.98 Å². The fourth-order valence-electron chi connectivity index (χ4n) is 5.67. The molecule has 2 aromatic heterocycles. The molecule has 0 bridgehead atoms. The Labute approximate surface area is 245 Å². The molecule has 3 aromatic carbocycles. The number of H-pyrrole nitrogens is 1. The number of alkyl halides is 1. The van der Waals surface area contributed by atoms with Crippen LogP contribution in [0.2, 0.25) is 0 Å². The highest BCUT2D eigenvalue weighted by molar-refractivity contribution is 5.72. The second kappa shape index (κ2) is 10.6. The monoisotopic (exact) mass is 587 g/mol. The number of aliphatic hydroxyl groups is 3. The lowest BCUT2D eigenvalue weighted by molar-refractivity contribution is -0.206. The number of rotatable bonds is 8. The zero-order valence-electron chi connectivity index (χ0n) is 23.3. The van der Waals surface area contributed by atoms with Crippen molar-refractivity contribution < 1.29 is 29.2 Å². The van der Waals surface area contributed by atoms with Crippen molar-refractivity contribution in [3.05, 3.63) is 118 Å². The average molecular weight is 588 g/mol. The molecule has 5 aromatic rings. The minimum atomic E-state index is -2.95. The van der Waals surface area contributed by atoms with Crippen LogP contribution in [-0.4, -0.2) is 66.1 Å². The van der Waals surface area contributed by atoms with E-state index in [4.69, 9.17) is 9.47 Å². The first-order valence-corrected chi connectivity index (χ1v) is 13.5. The minimum Gasteiger partial charge on any atom is -0.497 e. The van der Waals surface area contributed by atoms with Crippen LogP contribution in [0, 0.1) is 0 Å².